The zero-order valence-corrected chi connectivity index (χ0v) is 10.5. The van der Waals surface area contributed by atoms with E-state index >= 15 is 0 Å². The number of nitrogens with zero attached hydrogens (tertiary/aromatic N) is 1. The van der Waals surface area contributed by atoms with E-state index in [4.69, 9.17) is 5.73 Å². The largest absolute Gasteiger partial charge is 0.397 e. The molecule has 0 aliphatic carbocycles. The van der Waals surface area contributed by atoms with Crippen LogP contribution in [-0.4, -0.2) is 28.4 Å². The Labute approximate surface area is 105 Å². The zero-order chi connectivity index (χ0) is 12.1. The van der Waals surface area contributed by atoms with Crippen LogP contribution in [0, 0.1) is 0 Å². The molecule has 1 amide bonds. The first-order chi connectivity index (χ1) is 8.27. The highest BCUT2D eigenvalue weighted by molar-refractivity contribution is 7.99. The molecule has 0 radical (unpaired) electrons. The molecule has 1 aliphatic rings. The Morgan fingerprint density at radius 1 is 1.59 bits per heavy atom. The Hall–Kier alpha value is -1.23. The molecule has 1 aliphatic heterocycles. The summed E-state index contributed by atoms with van der Waals surface area (Å²) in [5, 5.41) is 3.45. The number of thioether (sulfide) groups is 1. The Morgan fingerprint density at radius 3 is 3.18 bits per heavy atom. The van der Waals surface area contributed by atoms with Gasteiger partial charge >= 0.3 is 0 Å². The predicted molar refractivity (Wildman–Crippen MR) is 71.1 cm³/mol. The predicted octanol–water partition coefficient (Wildman–Crippen LogP) is 1.68. The minimum atomic E-state index is -0.172. The molecule has 1 saturated heterocycles. The monoisotopic (exact) mass is 251 g/mol. The number of nitrogen functional groups attached to an aromatic ring is 1. The van der Waals surface area contributed by atoms with Crippen molar-refractivity contribution < 1.29 is 4.79 Å². The van der Waals surface area contributed by atoms with Gasteiger partial charge in [-0.25, -0.2) is 4.98 Å². The number of pyridine rings is 1. The third kappa shape index (κ3) is 3.36. The van der Waals surface area contributed by atoms with E-state index in [2.05, 4.69) is 10.3 Å². The smallest absolute Gasteiger partial charge is 0.272 e. The minimum absolute atomic E-state index is 0.172. The number of aromatic nitrogens is 1. The lowest BCUT2D eigenvalue weighted by molar-refractivity contribution is 0.0949. The van der Waals surface area contributed by atoms with Gasteiger partial charge in [0, 0.05) is 18.0 Å². The number of amides is 1. The van der Waals surface area contributed by atoms with Gasteiger partial charge < -0.3 is 11.1 Å². The molecule has 0 aromatic carbocycles. The molecule has 3 N–H and O–H groups in total. The first-order valence-electron chi connectivity index (χ1n) is 5.87. The Balaban J connectivity index is 1.87. The molecule has 0 saturated carbocycles. The van der Waals surface area contributed by atoms with Crippen molar-refractivity contribution in [2.24, 2.45) is 0 Å². The number of hydrogen-bond donors (Lipinski definition) is 2. The van der Waals surface area contributed by atoms with E-state index in [-0.39, 0.29) is 5.91 Å². The number of nitrogens with one attached hydrogen (secondary N) is 1. The third-order valence-corrected chi connectivity index (χ3v) is 4.22. The summed E-state index contributed by atoms with van der Waals surface area (Å²) in [6, 6.07) is 3.42. The Kier molecular flexibility index (Phi) is 4.25. The first kappa shape index (κ1) is 12.2. The molecule has 1 unspecified atom stereocenters. The van der Waals surface area contributed by atoms with Crippen LogP contribution in [0.4, 0.5) is 5.69 Å². The van der Waals surface area contributed by atoms with Crippen molar-refractivity contribution in [3.8, 4) is 0 Å². The second-order valence-electron chi connectivity index (χ2n) is 4.14. The van der Waals surface area contributed by atoms with Crippen molar-refractivity contribution in [1.29, 1.82) is 0 Å². The maximum atomic E-state index is 11.8. The second kappa shape index (κ2) is 5.91. The number of hydrogen-bond acceptors (Lipinski definition) is 4. The summed E-state index contributed by atoms with van der Waals surface area (Å²) in [7, 11) is 0. The van der Waals surface area contributed by atoms with Crippen LogP contribution in [0.1, 0.15) is 29.8 Å². The maximum Gasteiger partial charge on any atom is 0.272 e. The van der Waals surface area contributed by atoms with E-state index in [1.165, 1.54) is 25.0 Å². The van der Waals surface area contributed by atoms with Gasteiger partial charge in [-0.05, 0) is 30.7 Å². The van der Waals surface area contributed by atoms with Gasteiger partial charge in [-0.3, -0.25) is 4.79 Å². The quantitative estimate of drug-likeness (QED) is 0.857. The SMILES string of the molecule is Nc1cccnc1C(=O)NCC1CCCCS1. The molecule has 0 spiro atoms. The van der Waals surface area contributed by atoms with E-state index in [9.17, 15) is 4.79 Å². The second-order valence-corrected chi connectivity index (χ2v) is 5.55. The normalized spacial score (nSPS) is 19.9. The van der Waals surface area contributed by atoms with Crippen LogP contribution in [0.2, 0.25) is 0 Å². The number of carbonyl (C=O) groups is 1. The molecule has 1 aromatic heterocycles. The average Bonchev–Trinajstić information content (AvgIpc) is 2.38. The molecular formula is C12H17N3OS. The van der Waals surface area contributed by atoms with Crippen molar-refractivity contribution in [2.45, 2.75) is 24.5 Å². The van der Waals surface area contributed by atoms with Crippen LogP contribution in [0.5, 0.6) is 0 Å². The molecule has 17 heavy (non-hydrogen) atoms. The van der Waals surface area contributed by atoms with Gasteiger partial charge in [0.05, 0.1) is 5.69 Å². The Bertz CT molecular complexity index is 391. The number of nitrogens with two attached hydrogens (primary N) is 1. The van der Waals surface area contributed by atoms with Gasteiger partial charge in [0.2, 0.25) is 0 Å². The summed E-state index contributed by atoms with van der Waals surface area (Å²) in [6.07, 6.45) is 5.32. The summed E-state index contributed by atoms with van der Waals surface area (Å²) < 4.78 is 0. The molecule has 1 aromatic rings. The Morgan fingerprint density at radius 2 is 2.47 bits per heavy atom. The van der Waals surface area contributed by atoms with Crippen molar-refractivity contribution in [2.75, 3.05) is 18.0 Å². The molecule has 0 bridgehead atoms. The van der Waals surface area contributed by atoms with Gasteiger partial charge in [0.25, 0.3) is 5.91 Å². The topological polar surface area (TPSA) is 68.0 Å². The number of rotatable bonds is 3. The number of carbonyl (C=O) groups excluding carboxylic acids is 1. The molecular weight excluding hydrogens is 234 g/mol. The highest BCUT2D eigenvalue weighted by Crippen LogP contribution is 2.24. The van der Waals surface area contributed by atoms with Gasteiger partial charge in [0.1, 0.15) is 0 Å². The van der Waals surface area contributed by atoms with Crippen LogP contribution in [0.15, 0.2) is 18.3 Å². The highest BCUT2D eigenvalue weighted by Gasteiger charge is 2.16. The molecule has 4 nitrogen and oxygen atoms in total. The number of anilines is 1. The standard InChI is InChI=1S/C12H17N3OS/c13-10-5-3-6-14-11(10)12(16)15-8-9-4-1-2-7-17-9/h3,5-6,9H,1-2,4,7-8,13H2,(H,15,16). The summed E-state index contributed by atoms with van der Waals surface area (Å²) >= 11 is 1.94. The van der Waals surface area contributed by atoms with Crippen LogP contribution in [-0.2, 0) is 0 Å². The van der Waals surface area contributed by atoms with Crippen LogP contribution >= 0.6 is 11.8 Å². The first-order valence-corrected chi connectivity index (χ1v) is 6.92. The summed E-state index contributed by atoms with van der Waals surface area (Å²) in [5.74, 6) is 1.03. The molecule has 2 heterocycles. The van der Waals surface area contributed by atoms with Gasteiger partial charge in [0.15, 0.2) is 5.69 Å². The molecule has 2 rings (SSSR count). The minimum Gasteiger partial charge on any atom is -0.397 e. The average molecular weight is 251 g/mol. The van der Waals surface area contributed by atoms with Crippen LogP contribution in [0.25, 0.3) is 0 Å². The van der Waals surface area contributed by atoms with Crippen LogP contribution < -0.4 is 11.1 Å². The van der Waals surface area contributed by atoms with E-state index in [1.807, 2.05) is 11.8 Å². The van der Waals surface area contributed by atoms with Crippen molar-refractivity contribution in [3.63, 3.8) is 0 Å². The zero-order valence-electron chi connectivity index (χ0n) is 9.69. The molecule has 1 fully saturated rings. The van der Waals surface area contributed by atoms with Crippen molar-refractivity contribution in [3.05, 3.63) is 24.0 Å². The lowest BCUT2D eigenvalue weighted by atomic mass is 10.2. The fourth-order valence-electron chi connectivity index (χ4n) is 1.87. The van der Waals surface area contributed by atoms with Gasteiger partial charge in [-0.1, -0.05) is 6.42 Å². The van der Waals surface area contributed by atoms with E-state index in [0.29, 0.717) is 23.2 Å². The lowest BCUT2D eigenvalue weighted by Crippen LogP contribution is -2.32. The molecule has 92 valence electrons. The fraction of sp³-hybridized carbons (Fsp3) is 0.500. The highest BCUT2D eigenvalue weighted by atomic mass is 32.2. The van der Waals surface area contributed by atoms with Crippen molar-refractivity contribution >= 4 is 23.4 Å². The molecule has 1 atom stereocenters. The third-order valence-electron chi connectivity index (χ3n) is 2.82. The lowest BCUT2D eigenvalue weighted by Gasteiger charge is -2.21. The van der Waals surface area contributed by atoms with Crippen LogP contribution in [0.3, 0.4) is 0 Å². The van der Waals surface area contributed by atoms with Gasteiger partial charge in [-0.15, -0.1) is 0 Å². The van der Waals surface area contributed by atoms with Gasteiger partial charge in [-0.2, -0.15) is 11.8 Å². The fourth-order valence-corrected chi connectivity index (χ4v) is 3.10. The van der Waals surface area contributed by atoms with E-state index in [0.717, 1.165) is 0 Å². The molecule has 5 heteroatoms. The maximum absolute atomic E-state index is 11.8. The summed E-state index contributed by atoms with van der Waals surface area (Å²) in [5.41, 5.74) is 6.46. The van der Waals surface area contributed by atoms with Crippen molar-refractivity contribution in [1.82, 2.24) is 10.3 Å². The summed E-state index contributed by atoms with van der Waals surface area (Å²) in [4.78, 5) is 15.8. The summed E-state index contributed by atoms with van der Waals surface area (Å²) in [6.45, 7) is 0.708. The van der Waals surface area contributed by atoms with E-state index < -0.39 is 0 Å². The van der Waals surface area contributed by atoms with E-state index in [1.54, 1.807) is 18.3 Å².